The molecule has 0 spiro atoms. The maximum absolute atomic E-state index is 12.1. The van der Waals surface area contributed by atoms with E-state index < -0.39 is 12.1 Å². The third-order valence-corrected chi connectivity index (χ3v) is 2.52. The molecule has 2 aromatic rings. The second-order valence-electron chi connectivity index (χ2n) is 3.91. The molecule has 0 radical (unpaired) electrons. The van der Waals surface area contributed by atoms with Crippen LogP contribution in [0.2, 0.25) is 0 Å². The SMILES string of the molecule is COC(=O)Oc1c(O)cccc1C(=O)Oc1ccccc1. The summed E-state index contributed by atoms with van der Waals surface area (Å²) in [5.41, 5.74) is -0.0933. The van der Waals surface area contributed by atoms with E-state index in [1.54, 1.807) is 30.3 Å². The highest BCUT2D eigenvalue weighted by Crippen LogP contribution is 2.31. The Morgan fingerprint density at radius 3 is 2.33 bits per heavy atom. The van der Waals surface area contributed by atoms with Crippen LogP contribution in [0.1, 0.15) is 10.4 Å². The number of rotatable bonds is 3. The molecule has 0 unspecified atom stereocenters. The summed E-state index contributed by atoms with van der Waals surface area (Å²) in [6.07, 6.45) is -1.05. The molecule has 1 N–H and O–H groups in total. The van der Waals surface area contributed by atoms with Crippen molar-refractivity contribution in [2.45, 2.75) is 0 Å². The molecule has 6 nitrogen and oxygen atoms in total. The van der Waals surface area contributed by atoms with Crippen molar-refractivity contribution in [1.29, 1.82) is 0 Å². The molecular weight excluding hydrogens is 276 g/mol. The summed E-state index contributed by atoms with van der Waals surface area (Å²) < 4.78 is 14.2. The van der Waals surface area contributed by atoms with Crippen LogP contribution < -0.4 is 9.47 Å². The van der Waals surface area contributed by atoms with Crippen LogP contribution >= 0.6 is 0 Å². The molecule has 21 heavy (non-hydrogen) atoms. The topological polar surface area (TPSA) is 82.1 Å². The van der Waals surface area contributed by atoms with Crippen molar-refractivity contribution >= 4 is 12.1 Å². The largest absolute Gasteiger partial charge is 0.513 e. The second kappa shape index (κ2) is 6.42. The van der Waals surface area contributed by atoms with Gasteiger partial charge < -0.3 is 19.3 Å². The van der Waals surface area contributed by atoms with E-state index in [-0.39, 0.29) is 17.1 Å². The molecule has 0 bridgehead atoms. The number of ether oxygens (including phenoxy) is 3. The van der Waals surface area contributed by atoms with Gasteiger partial charge in [0.1, 0.15) is 11.3 Å². The fourth-order valence-corrected chi connectivity index (χ4v) is 1.57. The Balaban J connectivity index is 2.28. The first-order valence-corrected chi connectivity index (χ1v) is 5.97. The van der Waals surface area contributed by atoms with Crippen LogP contribution in [0.4, 0.5) is 4.79 Å². The lowest BCUT2D eigenvalue weighted by Crippen LogP contribution is -2.14. The Labute approximate surface area is 120 Å². The molecule has 0 aliphatic rings. The molecule has 0 aromatic heterocycles. The minimum atomic E-state index is -1.05. The van der Waals surface area contributed by atoms with Crippen LogP contribution in [0.5, 0.6) is 17.2 Å². The Morgan fingerprint density at radius 1 is 0.952 bits per heavy atom. The molecule has 0 aliphatic heterocycles. The van der Waals surface area contributed by atoms with Crippen LogP contribution in [-0.2, 0) is 4.74 Å². The van der Waals surface area contributed by atoms with Crippen LogP contribution in [0.15, 0.2) is 48.5 Å². The van der Waals surface area contributed by atoms with E-state index in [0.717, 1.165) is 7.11 Å². The van der Waals surface area contributed by atoms with Gasteiger partial charge >= 0.3 is 12.1 Å². The molecule has 108 valence electrons. The first-order chi connectivity index (χ1) is 10.1. The average molecular weight is 288 g/mol. The monoisotopic (exact) mass is 288 g/mol. The Kier molecular flexibility index (Phi) is 4.40. The van der Waals surface area contributed by atoms with Crippen LogP contribution in [0.3, 0.4) is 0 Å². The van der Waals surface area contributed by atoms with Crippen LogP contribution in [0, 0.1) is 0 Å². The number of hydrogen-bond acceptors (Lipinski definition) is 6. The molecule has 6 heteroatoms. The number of phenols is 1. The van der Waals surface area contributed by atoms with Crippen LogP contribution in [-0.4, -0.2) is 24.3 Å². The standard InChI is InChI=1S/C15H12O6/c1-19-15(18)21-13-11(8-5-9-12(13)16)14(17)20-10-6-3-2-4-7-10/h2-9,16H,1H3. The molecule has 2 rings (SSSR count). The van der Waals surface area contributed by atoms with Gasteiger partial charge in [-0.05, 0) is 24.3 Å². The predicted molar refractivity (Wildman–Crippen MR) is 72.5 cm³/mol. The molecule has 0 saturated carbocycles. The highest BCUT2D eigenvalue weighted by Gasteiger charge is 2.21. The predicted octanol–water partition coefficient (Wildman–Crippen LogP) is 2.76. The third kappa shape index (κ3) is 3.50. The van der Waals surface area contributed by atoms with E-state index in [0.29, 0.717) is 5.75 Å². The normalized spacial score (nSPS) is 9.76. The van der Waals surface area contributed by atoms with E-state index in [1.165, 1.54) is 18.2 Å². The summed E-state index contributed by atoms with van der Waals surface area (Å²) in [7, 11) is 1.12. The van der Waals surface area contributed by atoms with E-state index in [1.807, 2.05) is 0 Å². The van der Waals surface area contributed by atoms with Crippen molar-refractivity contribution in [3.05, 3.63) is 54.1 Å². The highest BCUT2D eigenvalue weighted by molar-refractivity contribution is 5.95. The quantitative estimate of drug-likeness (QED) is 0.531. The van der Waals surface area contributed by atoms with E-state index >= 15 is 0 Å². The van der Waals surface area contributed by atoms with E-state index in [9.17, 15) is 14.7 Å². The lowest BCUT2D eigenvalue weighted by Gasteiger charge is -2.10. The lowest BCUT2D eigenvalue weighted by atomic mass is 10.2. The number of esters is 1. The van der Waals surface area contributed by atoms with Crippen molar-refractivity contribution in [3.8, 4) is 17.2 Å². The zero-order valence-corrected chi connectivity index (χ0v) is 11.1. The number of benzene rings is 2. The minimum absolute atomic E-state index is 0.0933. The summed E-state index contributed by atoms with van der Waals surface area (Å²) in [5.74, 6) is -1.13. The number of methoxy groups -OCH3 is 1. The van der Waals surface area contributed by atoms with E-state index in [2.05, 4.69) is 4.74 Å². The van der Waals surface area contributed by atoms with Gasteiger partial charge in [0.25, 0.3) is 0 Å². The lowest BCUT2D eigenvalue weighted by molar-refractivity contribution is 0.0728. The Morgan fingerprint density at radius 2 is 1.67 bits per heavy atom. The fraction of sp³-hybridized carbons (Fsp3) is 0.0667. The van der Waals surface area contributed by atoms with Gasteiger partial charge in [0, 0.05) is 0 Å². The van der Waals surface area contributed by atoms with Crippen molar-refractivity contribution in [3.63, 3.8) is 0 Å². The zero-order chi connectivity index (χ0) is 15.2. The molecule has 0 aliphatic carbocycles. The molecule has 0 fully saturated rings. The van der Waals surface area contributed by atoms with Gasteiger partial charge in [0.15, 0.2) is 11.5 Å². The number of aromatic hydroxyl groups is 1. The molecule has 0 atom stereocenters. The van der Waals surface area contributed by atoms with Crippen molar-refractivity contribution in [1.82, 2.24) is 0 Å². The van der Waals surface area contributed by atoms with Crippen molar-refractivity contribution in [2.24, 2.45) is 0 Å². The van der Waals surface area contributed by atoms with Gasteiger partial charge in [-0.1, -0.05) is 24.3 Å². The number of para-hydroxylation sites is 2. The van der Waals surface area contributed by atoms with Gasteiger partial charge in [-0.15, -0.1) is 0 Å². The maximum Gasteiger partial charge on any atom is 0.513 e. The Hall–Kier alpha value is -3.02. The van der Waals surface area contributed by atoms with Gasteiger partial charge in [0.05, 0.1) is 7.11 Å². The number of carbonyl (C=O) groups is 2. The smallest absolute Gasteiger partial charge is 0.504 e. The zero-order valence-electron chi connectivity index (χ0n) is 11.1. The first kappa shape index (κ1) is 14.4. The summed E-state index contributed by atoms with van der Waals surface area (Å²) in [5, 5.41) is 9.71. The summed E-state index contributed by atoms with van der Waals surface area (Å²) in [6, 6.07) is 12.5. The maximum atomic E-state index is 12.1. The van der Waals surface area contributed by atoms with Gasteiger partial charge in [0.2, 0.25) is 0 Å². The summed E-state index contributed by atoms with van der Waals surface area (Å²) in [6.45, 7) is 0. The molecule has 0 amide bonds. The molecule has 0 heterocycles. The minimum Gasteiger partial charge on any atom is -0.504 e. The van der Waals surface area contributed by atoms with Crippen molar-refractivity contribution in [2.75, 3.05) is 7.11 Å². The Bertz CT molecular complexity index is 650. The average Bonchev–Trinajstić information content (AvgIpc) is 2.50. The van der Waals surface area contributed by atoms with Crippen LogP contribution in [0.25, 0.3) is 0 Å². The van der Waals surface area contributed by atoms with Gasteiger partial charge in [-0.25, -0.2) is 9.59 Å². The van der Waals surface area contributed by atoms with Gasteiger partial charge in [-0.3, -0.25) is 0 Å². The molecule has 2 aromatic carbocycles. The van der Waals surface area contributed by atoms with E-state index in [4.69, 9.17) is 9.47 Å². The molecule has 0 saturated heterocycles. The number of phenolic OH excluding ortho intramolecular Hbond substituents is 1. The molecular formula is C15H12O6. The number of hydrogen-bond donors (Lipinski definition) is 1. The number of carbonyl (C=O) groups excluding carboxylic acids is 2. The summed E-state index contributed by atoms with van der Waals surface area (Å²) in [4.78, 5) is 23.3. The second-order valence-corrected chi connectivity index (χ2v) is 3.91. The first-order valence-electron chi connectivity index (χ1n) is 5.97. The van der Waals surface area contributed by atoms with Gasteiger partial charge in [-0.2, -0.15) is 0 Å². The highest BCUT2D eigenvalue weighted by atomic mass is 16.7. The van der Waals surface area contributed by atoms with Crippen molar-refractivity contribution < 1.29 is 28.9 Å². The fourth-order valence-electron chi connectivity index (χ4n) is 1.57. The third-order valence-electron chi connectivity index (χ3n) is 2.52. The summed E-state index contributed by atoms with van der Waals surface area (Å²) >= 11 is 0.